The Bertz CT molecular complexity index is 838. The van der Waals surface area contributed by atoms with Crippen LogP contribution in [0.3, 0.4) is 0 Å². The van der Waals surface area contributed by atoms with E-state index in [1.54, 1.807) is 12.3 Å². The number of nitrogens with zero attached hydrogens (tertiary/aromatic N) is 1. The summed E-state index contributed by atoms with van der Waals surface area (Å²) < 4.78 is 4.84. The molecule has 1 aromatic heterocycles. The lowest BCUT2D eigenvalue weighted by atomic mass is 9.98. The average molecular weight is 322 g/mol. The molecule has 0 atom stereocenters. The molecule has 5 nitrogen and oxygen atoms in total. The van der Waals surface area contributed by atoms with Crippen molar-refractivity contribution in [3.05, 3.63) is 77.4 Å². The number of aromatic nitrogens is 2. The molecule has 5 heteroatoms. The Morgan fingerprint density at radius 3 is 2.58 bits per heavy atom. The van der Waals surface area contributed by atoms with Gasteiger partial charge in [-0.15, -0.1) is 0 Å². The highest BCUT2D eigenvalue weighted by Crippen LogP contribution is 2.25. The van der Waals surface area contributed by atoms with Crippen LogP contribution in [-0.4, -0.2) is 28.2 Å². The van der Waals surface area contributed by atoms with E-state index < -0.39 is 0 Å². The molecule has 122 valence electrons. The molecule has 0 saturated carbocycles. The van der Waals surface area contributed by atoms with Crippen molar-refractivity contribution in [2.45, 2.75) is 13.0 Å². The molecule has 0 saturated heterocycles. The van der Waals surface area contributed by atoms with Crippen LogP contribution in [0.5, 0.6) is 0 Å². The van der Waals surface area contributed by atoms with E-state index in [4.69, 9.17) is 9.84 Å². The molecule has 3 aromatic rings. The van der Waals surface area contributed by atoms with E-state index >= 15 is 0 Å². The first-order chi connectivity index (χ1) is 11.7. The zero-order valence-corrected chi connectivity index (χ0v) is 13.3. The van der Waals surface area contributed by atoms with E-state index in [2.05, 4.69) is 9.97 Å². The van der Waals surface area contributed by atoms with Gasteiger partial charge in [-0.1, -0.05) is 42.5 Å². The number of aromatic amines is 1. The van der Waals surface area contributed by atoms with Gasteiger partial charge in [0.25, 0.3) is 0 Å². The van der Waals surface area contributed by atoms with Crippen LogP contribution in [0.15, 0.2) is 54.7 Å². The number of imidazole rings is 1. The van der Waals surface area contributed by atoms with Crippen LogP contribution >= 0.6 is 0 Å². The molecule has 24 heavy (non-hydrogen) atoms. The summed E-state index contributed by atoms with van der Waals surface area (Å²) >= 11 is 0. The van der Waals surface area contributed by atoms with Crippen molar-refractivity contribution >= 4 is 5.97 Å². The van der Waals surface area contributed by atoms with Crippen LogP contribution in [0.25, 0.3) is 11.1 Å². The Hall–Kier alpha value is -2.92. The predicted octanol–water partition coefficient (Wildman–Crippen LogP) is 2.95. The van der Waals surface area contributed by atoms with Crippen molar-refractivity contribution in [2.75, 3.05) is 7.11 Å². The van der Waals surface area contributed by atoms with Gasteiger partial charge in [0, 0.05) is 6.42 Å². The maximum Gasteiger partial charge on any atom is 0.338 e. The molecule has 0 aliphatic carbocycles. The number of carbonyl (C=O) groups is 1. The molecule has 1 heterocycles. The van der Waals surface area contributed by atoms with E-state index in [1.165, 1.54) is 7.11 Å². The zero-order valence-electron chi connectivity index (χ0n) is 13.3. The zero-order chi connectivity index (χ0) is 16.9. The van der Waals surface area contributed by atoms with Crippen LogP contribution in [-0.2, 0) is 17.8 Å². The van der Waals surface area contributed by atoms with E-state index in [1.807, 2.05) is 42.5 Å². The molecule has 2 N–H and O–H groups in total. The highest BCUT2D eigenvalue weighted by Gasteiger charge is 2.12. The fraction of sp³-hybridized carbons (Fsp3) is 0.158. The molecule has 2 aromatic carbocycles. The number of rotatable bonds is 5. The van der Waals surface area contributed by atoms with Crippen LogP contribution in [0.1, 0.15) is 27.4 Å². The number of hydrogen-bond acceptors (Lipinski definition) is 4. The minimum absolute atomic E-state index is 0.0454. The van der Waals surface area contributed by atoms with Gasteiger partial charge in [0.15, 0.2) is 0 Å². The van der Waals surface area contributed by atoms with Gasteiger partial charge in [0.05, 0.1) is 31.2 Å². The molecule has 0 spiro atoms. The molecule has 3 rings (SSSR count). The van der Waals surface area contributed by atoms with Gasteiger partial charge in [-0.2, -0.15) is 0 Å². The Kier molecular flexibility index (Phi) is 4.72. The summed E-state index contributed by atoms with van der Waals surface area (Å²) in [6.45, 7) is -0.0454. The molecule has 0 amide bonds. The minimum atomic E-state index is -0.346. The monoisotopic (exact) mass is 322 g/mol. The van der Waals surface area contributed by atoms with Gasteiger partial charge in [-0.25, -0.2) is 9.78 Å². The number of aliphatic hydroxyl groups excluding tert-OH is 1. The third kappa shape index (κ3) is 3.36. The molecule has 0 aliphatic rings. The van der Waals surface area contributed by atoms with Crippen molar-refractivity contribution < 1.29 is 14.6 Å². The second kappa shape index (κ2) is 7.10. The maximum absolute atomic E-state index is 11.9. The van der Waals surface area contributed by atoms with Crippen molar-refractivity contribution in [1.82, 2.24) is 9.97 Å². The first-order valence-corrected chi connectivity index (χ1v) is 7.61. The first-order valence-electron chi connectivity index (χ1n) is 7.61. The Morgan fingerprint density at radius 1 is 1.17 bits per heavy atom. The number of esters is 1. The summed E-state index contributed by atoms with van der Waals surface area (Å²) in [7, 11) is 1.38. The summed E-state index contributed by atoms with van der Waals surface area (Å²) in [5.41, 5.74) is 4.14. The Balaban J connectivity index is 1.83. The summed E-state index contributed by atoms with van der Waals surface area (Å²) in [6.07, 6.45) is 2.29. The molecular weight excluding hydrogens is 304 g/mol. The minimum Gasteiger partial charge on any atom is -0.465 e. The Labute approximate surface area is 140 Å². The second-order valence-electron chi connectivity index (χ2n) is 5.42. The summed E-state index contributed by atoms with van der Waals surface area (Å²) in [5, 5.41) is 9.06. The van der Waals surface area contributed by atoms with Crippen molar-refractivity contribution in [3.63, 3.8) is 0 Å². The van der Waals surface area contributed by atoms with Gasteiger partial charge in [-0.3, -0.25) is 0 Å². The lowest BCUT2D eigenvalue weighted by Crippen LogP contribution is -2.03. The third-order valence-corrected chi connectivity index (χ3v) is 3.82. The molecule has 0 aliphatic heterocycles. The van der Waals surface area contributed by atoms with E-state index in [9.17, 15) is 4.79 Å². The van der Waals surface area contributed by atoms with Gasteiger partial charge in [0.2, 0.25) is 0 Å². The van der Waals surface area contributed by atoms with Crippen LogP contribution in [0.4, 0.5) is 0 Å². The maximum atomic E-state index is 11.9. The van der Waals surface area contributed by atoms with E-state index in [-0.39, 0.29) is 12.6 Å². The molecular formula is C19H18N2O3. The SMILES string of the molecule is COC(=O)c1ccccc1-c1ccc(Cc2ncc(CO)[nH]2)cc1. The van der Waals surface area contributed by atoms with Crippen LogP contribution in [0.2, 0.25) is 0 Å². The topological polar surface area (TPSA) is 75.2 Å². The van der Waals surface area contributed by atoms with Gasteiger partial charge < -0.3 is 14.8 Å². The highest BCUT2D eigenvalue weighted by molar-refractivity contribution is 5.97. The number of H-pyrrole nitrogens is 1. The largest absolute Gasteiger partial charge is 0.465 e. The highest BCUT2D eigenvalue weighted by atomic mass is 16.5. The van der Waals surface area contributed by atoms with E-state index in [0.29, 0.717) is 17.7 Å². The standard InChI is InChI=1S/C19H18N2O3/c1-24-19(23)17-5-3-2-4-16(17)14-8-6-13(7-9-14)10-18-20-11-15(12-22)21-18/h2-9,11,22H,10,12H2,1H3,(H,20,21). The fourth-order valence-corrected chi connectivity index (χ4v) is 2.59. The number of carbonyl (C=O) groups excluding carboxylic acids is 1. The lowest BCUT2D eigenvalue weighted by molar-refractivity contribution is 0.0601. The Morgan fingerprint density at radius 2 is 1.92 bits per heavy atom. The molecule has 0 radical (unpaired) electrons. The van der Waals surface area contributed by atoms with Crippen LogP contribution in [0, 0.1) is 0 Å². The van der Waals surface area contributed by atoms with Crippen molar-refractivity contribution in [3.8, 4) is 11.1 Å². The lowest BCUT2D eigenvalue weighted by Gasteiger charge is -2.08. The van der Waals surface area contributed by atoms with Gasteiger partial charge >= 0.3 is 5.97 Å². The number of hydrogen-bond donors (Lipinski definition) is 2. The second-order valence-corrected chi connectivity index (χ2v) is 5.42. The normalized spacial score (nSPS) is 10.6. The molecule has 0 fully saturated rings. The summed E-state index contributed by atoms with van der Waals surface area (Å²) in [4.78, 5) is 19.2. The predicted molar refractivity (Wildman–Crippen MR) is 90.5 cm³/mol. The number of nitrogens with one attached hydrogen (secondary N) is 1. The first kappa shape index (κ1) is 16.0. The summed E-state index contributed by atoms with van der Waals surface area (Å²) in [5.74, 6) is 0.462. The fourth-order valence-electron chi connectivity index (χ4n) is 2.59. The van der Waals surface area contributed by atoms with Crippen LogP contribution < -0.4 is 0 Å². The van der Waals surface area contributed by atoms with Crippen molar-refractivity contribution in [1.29, 1.82) is 0 Å². The number of benzene rings is 2. The van der Waals surface area contributed by atoms with Gasteiger partial charge in [-0.05, 0) is 22.8 Å². The molecule has 0 bridgehead atoms. The smallest absolute Gasteiger partial charge is 0.338 e. The number of ether oxygens (including phenoxy) is 1. The number of methoxy groups -OCH3 is 1. The average Bonchev–Trinajstić information content (AvgIpc) is 3.09. The third-order valence-electron chi connectivity index (χ3n) is 3.82. The molecule has 0 unspecified atom stereocenters. The van der Waals surface area contributed by atoms with Crippen molar-refractivity contribution in [2.24, 2.45) is 0 Å². The van der Waals surface area contributed by atoms with E-state index in [0.717, 1.165) is 22.5 Å². The quantitative estimate of drug-likeness (QED) is 0.708. The number of aliphatic hydroxyl groups is 1. The summed E-state index contributed by atoms with van der Waals surface area (Å²) in [6, 6.07) is 15.3. The van der Waals surface area contributed by atoms with Gasteiger partial charge in [0.1, 0.15) is 5.82 Å².